The lowest BCUT2D eigenvalue weighted by molar-refractivity contribution is -0.136. The van der Waals surface area contributed by atoms with Crippen LogP contribution in [0.4, 0.5) is 0 Å². The van der Waals surface area contributed by atoms with Gasteiger partial charge in [0.2, 0.25) is 0 Å². The average molecular weight is 206 g/mol. The second-order valence-electron chi connectivity index (χ2n) is 5.00. The molecule has 80 valence electrons. The Bertz CT molecular complexity index is 380. The zero-order chi connectivity index (χ0) is 10.6. The van der Waals surface area contributed by atoms with E-state index in [1.807, 2.05) is 0 Å². The van der Waals surface area contributed by atoms with Crippen LogP contribution in [0.2, 0.25) is 0 Å². The first-order valence-corrected chi connectivity index (χ1v) is 5.57. The average Bonchev–Trinajstić information content (AvgIpc) is 2.85. The molecular formula is C12H14O3. The molecule has 1 fully saturated rings. The van der Waals surface area contributed by atoms with E-state index >= 15 is 0 Å². The van der Waals surface area contributed by atoms with E-state index in [9.17, 15) is 9.59 Å². The molecule has 3 aliphatic rings. The molecule has 0 aromatic carbocycles. The van der Waals surface area contributed by atoms with Gasteiger partial charge < -0.3 is 4.74 Å². The Morgan fingerprint density at radius 2 is 2.13 bits per heavy atom. The fourth-order valence-corrected chi connectivity index (χ4v) is 3.01. The topological polar surface area (TPSA) is 43.4 Å². The maximum absolute atomic E-state index is 11.7. The van der Waals surface area contributed by atoms with Crippen LogP contribution >= 0.6 is 0 Å². The van der Waals surface area contributed by atoms with Crippen LogP contribution in [-0.4, -0.2) is 18.4 Å². The Morgan fingerprint density at radius 3 is 2.93 bits per heavy atom. The Labute approximate surface area is 88.5 Å². The third-order valence-electron chi connectivity index (χ3n) is 3.88. The quantitative estimate of drug-likeness (QED) is 0.564. The number of hydrogen-bond acceptors (Lipinski definition) is 3. The summed E-state index contributed by atoms with van der Waals surface area (Å²) in [4.78, 5) is 23.2. The highest BCUT2D eigenvalue weighted by Gasteiger charge is 2.50. The molecule has 0 N–H and O–H groups in total. The highest BCUT2D eigenvalue weighted by atomic mass is 16.5. The summed E-state index contributed by atoms with van der Waals surface area (Å²) in [5.74, 6) is 1.48. The number of rotatable bonds is 0. The Hall–Kier alpha value is -1.12. The van der Waals surface area contributed by atoms with Gasteiger partial charge in [-0.1, -0.05) is 6.92 Å². The molecule has 3 atom stereocenters. The SMILES string of the molecule is C[C@@H]1CC(=O)CC2=C(C(=O)OC2)[C@H]2C[C@@H]12. The van der Waals surface area contributed by atoms with Crippen molar-refractivity contribution in [3.05, 3.63) is 11.1 Å². The number of ketones is 1. The lowest BCUT2D eigenvalue weighted by Crippen LogP contribution is -2.14. The monoisotopic (exact) mass is 206 g/mol. The standard InChI is InChI=1S/C12H14O3/c1-6-2-8(13)3-7-5-15-12(14)11(7)10-4-9(6)10/h6,9-10H,2-5H2,1H3/t6-,9+,10+/m1/s1. The van der Waals surface area contributed by atoms with Crippen LogP contribution in [0, 0.1) is 17.8 Å². The van der Waals surface area contributed by atoms with Gasteiger partial charge in [-0.3, -0.25) is 4.79 Å². The van der Waals surface area contributed by atoms with Crippen molar-refractivity contribution in [1.82, 2.24) is 0 Å². The van der Waals surface area contributed by atoms with Crippen molar-refractivity contribution in [3.63, 3.8) is 0 Å². The van der Waals surface area contributed by atoms with E-state index in [0.29, 0.717) is 37.2 Å². The summed E-state index contributed by atoms with van der Waals surface area (Å²) in [5, 5.41) is 0. The van der Waals surface area contributed by atoms with Gasteiger partial charge in [0.1, 0.15) is 12.4 Å². The molecule has 0 amide bonds. The summed E-state index contributed by atoms with van der Waals surface area (Å²) in [6, 6.07) is 0. The van der Waals surface area contributed by atoms with Crippen LogP contribution in [0.3, 0.4) is 0 Å². The zero-order valence-electron chi connectivity index (χ0n) is 8.79. The molecule has 1 aliphatic heterocycles. The number of esters is 1. The van der Waals surface area contributed by atoms with E-state index < -0.39 is 0 Å². The second kappa shape index (κ2) is 2.94. The van der Waals surface area contributed by atoms with Crippen LogP contribution in [0.5, 0.6) is 0 Å². The van der Waals surface area contributed by atoms with E-state index in [1.165, 1.54) is 0 Å². The molecule has 2 aliphatic carbocycles. The highest BCUT2D eigenvalue weighted by Crippen LogP contribution is 2.53. The van der Waals surface area contributed by atoms with E-state index in [1.54, 1.807) is 0 Å². The lowest BCUT2D eigenvalue weighted by atomic mass is 9.88. The number of carbonyl (C=O) groups is 2. The van der Waals surface area contributed by atoms with Gasteiger partial charge in [-0.25, -0.2) is 4.79 Å². The van der Waals surface area contributed by atoms with Crippen molar-refractivity contribution in [1.29, 1.82) is 0 Å². The highest BCUT2D eigenvalue weighted by molar-refractivity contribution is 5.95. The van der Waals surface area contributed by atoms with Crippen LogP contribution in [-0.2, 0) is 14.3 Å². The van der Waals surface area contributed by atoms with Crippen molar-refractivity contribution in [3.8, 4) is 0 Å². The Kier molecular flexibility index (Phi) is 1.79. The minimum absolute atomic E-state index is 0.167. The van der Waals surface area contributed by atoms with Crippen molar-refractivity contribution in [2.45, 2.75) is 26.2 Å². The Balaban J connectivity index is 1.98. The number of fused-ring (bicyclic) bond motifs is 2. The largest absolute Gasteiger partial charge is 0.458 e. The summed E-state index contributed by atoms with van der Waals surface area (Å²) in [5.41, 5.74) is 1.81. The van der Waals surface area contributed by atoms with Gasteiger partial charge in [-0.2, -0.15) is 0 Å². The summed E-state index contributed by atoms with van der Waals surface area (Å²) < 4.78 is 5.03. The summed E-state index contributed by atoms with van der Waals surface area (Å²) >= 11 is 0. The molecule has 0 spiro atoms. The number of Topliss-reactive ketones (excluding diaryl/α,β-unsaturated/α-hetero) is 1. The molecule has 1 heterocycles. The van der Waals surface area contributed by atoms with Crippen molar-refractivity contribution in [2.24, 2.45) is 17.8 Å². The normalized spacial score (nSPS) is 39.1. The number of hydrogen-bond donors (Lipinski definition) is 0. The summed E-state index contributed by atoms with van der Waals surface area (Å²) in [7, 11) is 0. The van der Waals surface area contributed by atoms with Gasteiger partial charge >= 0.3 is 5.97 Å². The Morgan fingerprint density at radius 1 is 1.33 bits per heavy atom. The van der Waals surface area contributed by atoms with Crippen molar-refractivity contribution >= 4 is 11.8 Å². The fraction of sp³-hybridized carbons (Fsp3) is 0.667. The van der Waals surface area contributed by atoms with Gasteiger partial charge in [0.15, 0.2) is 0 Å². The molecule has 0 bridgehead atoms. The fourth-order valence-electron chi connectivity index (χ4n) is 3.01. The van der Waals surface area contributed by atoms with E-state index in [-0.39, 0.29) is 11.8 Å². The second-order valence-corrected chi connectivity index (χ2v) is 5.00. The van der Waals surface area contributed by atoms with Crippen LogP contribution in [0.15, 0.2) is 11.1 Å². The van der Waals surface area contributed by atoms with Crippen LogP contribution in [0.25, 0.3) is 0 Å². The number of carbonyl (C=O) groups excluding carboxylic acids is 2. The minimum Gasteiger partial charge on any atom is -0.458 e. The third-order valence-corrected chi connectivity index (χ3v) is 3.88. The predicted octanol–water partition coefficient (Wildman–Crippen LogP) is 1.47. The molecule has 0 saturated heterocycles. The first-order chi connectivity index (χ1) is 7.16. The first kappa shape index (κ1) is 9.13. The molecule has 1 saturated carbocycles. The molecular weight excluding hydrogens is 192 g/mol. The van der Waals surface area contributed by atoms with Gasteiger partial charge in [-0.05, 0) is 29.7 Å². The van der Waals surface area contributed by atoms with Gasteiger partial charge in [-0.15, -0.1) is 0 Å². The predicted molar refractivity (Wildman–Crippen MR) is 53.0 cm³/mol. The van der Waals surface area contributed by atoms with Gasteiger partial charge in [0.05, 0.1) is 0 Å². The number of ether oxygens (including phenoxy) is 1. The third kappa shape index (κ3) is 1.33. The summed E-state index contributed by atoms with van der Waals surface area (Å²) in [6.07, 6.45) is 2.18. The molecule has 0 radical (unpaired) electrons. The maximum atomic E-state index is 11.7. The van der Waals surface area contributed by atoms with Crippen LogP contribution < -0.4 is 0 Å². The first-order valence-electron chi connectivity index (χ1n) is 5.57. The van der Waals surface area contributed by atoms with E-state index in [0.717, 1.165) is 17.6 Å². The van der Waals surface area contributed by atoms with E-state index in [2.05, 4.69) is 6.92 Å². The molecule has 0 aromatic rings. The van der Waals surface area contributed by atoms with Crippen molar-refractivity contribution in [2.75, 3.05) is 6.61 Å². The van der Waals surface area contributed by atoms with Gasteiger partial charge in [0.25, 0.3) is 0 Å². The number of cyclic esters (lactones) is 1. The molecule has 0 unspecified atom stereocenters. The summed E-state index contributed by atoms with van der Waals surface area (Å²) in [6.45, 7) is 2.48. The van der Waals surface area contributed by atoms with Crippen LogP contribution in [0.1, 0.15) is 26.2 Å². The zero-order valence-corrected chi connectivity index (χ0v) is 8.79. The molecule has 0 aromatic heterocycles. The van der Waals surface area contributed by atoms with E-state index in [4.69, 9.17) is 4.74 Å². The van der Waals surface area contributed by atoms with Gasteiger partial charge in [0, 0.05) is 18.4 Å². The molecule has 15 heavy (non-hydrogen) atoms. The minimum atomic E-state index is -0.167. The maximum Gasteiger partial charge on any atom is 0.334 e. The lowest BCUT2D eigenvalue weighted by Gasteiger charge is -2.13. The molecule has 3 rings (SSSR count). The van der Waals surface area contributed by atoms with Crippen molar-refractivity contribution < 1.29 is 14.3 Å². The molecule has 3 heteroatoms. The molecule has 3 nitrogen and oxygen atoms in total. The smallest absolute Gasteiger partial charge is 0.334 e.